The van der Waals surface area contributed by atoms with Crippen molar-refractivity contribution in [1.82, 2.24) is 5.32 Å². The number of carbonyl (C=O) groups excluding carboxylic acids is 1. The molecule has 0 heterocycles. The van der Waals surface area contributed by atoms with Crippen LogP contribution in [0.3, 0.4) is 0 Å². The van der Waals surface area contributed by atoms with Crippen molar-refractivity contribution in [1.29, 1.82) is 0 Å². The van der Waals surface area contributed by atoms with Gasteiger partial charge in [0.2, 0.25) is 5.91 Å². The van der Waals surface area contributed by atoms with Crippen LogP contribution in [0.25, 0.3) is 0 Å². The van der Waals surface area contributed by atoms with E-state index in [1.165, 1.54) is 6.21 Å². The summed E-state index contributed by atoms with van der Waals surface area (Å²) in [6, 6.07) is 0. The van der Waals surface area contributed by atoms with Gasteiger partial charge in [0.15, 0.2) is 0 Å². The number of nitrogens with two attached hydrogens (primary N) is 3. The maximum atomic E-state index is 11.4. The van der Waals surface area contributed by atoms with E-state index in [0.717, 1.165) is 0 Å². The molecule has 6 heteroatoms. The van der Waals surface area contributed by atoms with Crippen molar-refractivity contribution in [3.05, 3.63) is 23.8 Å². The first-order valence-corrected chi connectivity index (χ1v) is 4.96. The predicted octanol–water partition coefficient (Wildman–Crippen LogP) is -0.468. The minimum Gasteiger partial charge on any atom is -0.397 e. The van der Waals surface area contributed by atoms with Gasteiger partial charge in [-0.05, 0) is 19.9 Å². The van der Waals surface area contributed by atoms with Crippen LogP contribution in [0.15, 0.2) is 28.8 Å². The average Bonchev–Trinajstić information content (AvgIpc) is 2.22. The molecular weight excluding hydrogens is 206 g/mol. The molecule has 0 aromatic heterocycles. The van der Waals surface area contributed by atoms with Crippen molar-refractivity contribution in [2.24, 2.45) is 22.2 Å². The standard InChI is InChI=1S/C10H19N5O/c1-3-14-10(13)9(7(2)12)15-8(16)5-4-6-11/h3H,2,4-6,11-13H2,1H3,(H,15,16)/b10-9+,14-3-. The molecule has 7 N–H and O–H groups in total. The van der Waals surface area contributed by atoms with Gasteiger partial charge in [-0.1, -0.05) is 6.58 Å². The molecule has 0 atom stereocenters. The van der Waals surface area contributed by atoms with Crippen LogP contribution in [0.5, 0.6) is 0 Å². The van der Waals surface area contributed by atoms with Crippen LogP contribution in [0.2, 0.25) is 0 Å². The summed E-state index contributed by atoms with van der Waals surface area (Å²) < 4.78 is 0. The highest BCUT2D eigenvalue weighted by Crippen LogP contribution is 2.03. The zero-order valence-corrected chi connectivity index (χ0v) is 9.49. The fraction of sp³-hybridized carbons (Fsp3) is 0.400. The monoisotopic (exact) mass is 225 g/mol. The zero-order chi connectivity index (χ0) is 12.6. The fourth-order valence-electron chi connectivity index (χ4n) is 0.977. The number of nitrogens with zero attached hydrogens (tertiary/aromatic N) is 1. The Kier molecular flexibility index (Phi) is 6.62. The number of carbonyl (C=O) groups is 1. The summed E-state index contributed by atoms with van der Waals surface area (Å²) in [5.74, 6) is -0.0719. The highest BCUT2D eigenvalue weighted by atomic mass is 16.1. The Hall–Kier alpha value is -1.82. The average molecular weight is 225 g/mol. The van der Waals surface area contributed by atoms with Gasteiger partial charge in [0.25, 0.3) is 0 Å². The molecule has 0 aliphatic heterocycles. The van der Waals surface area contributed by atoms with Crippen LogP contribution < -0.4 is 22.5 Å². The smallest absolute Gasteiger partial charge is 0.224 e. The lowest BCUT2D eigenvalue weighted by molar-refractivity contribution is -0.120. The first kappa shape index (κ1) is 14.2. The van der Waals surface area contributed by atoms with E-state index in [1.54, 1.807) is 6.92 Å². The van der Waals surface area contributed by atoms with Crippen LogP contribution in [0.1, 0.15) is 19.8 Å². The van der Waals surface area contributed by atoms with E-state index in [4.69, 9.17) is 17.2 Å². The minimum absolute atomic E-state index is 0.135. The predicted molar refractivity (Wildman–Crippen MR) is 65.1 cm³/mol. The highest BCUT2D eigenvalue weighted by Gasteiger charge is 2.09. The summed E-state index contributed by atoms with van der Waals surface area (Å²) in [5.41, 5.74) is 16.8. The number of hydrogen-bond acceptors (Lipinski definition) is 5. The largest absolute Gasteiger partial charge is 0.397 e. The molecule has 16 heavy (non-hydrogen) atoms. The normalized spacial score (nSPS) is 12.4. The van der Waals surface area contributed by atoms with Crippen LogP contribution >= 0.6 is 0 Å². The molecule has 0 aliphatic carbocycles. The van der Waals surface area contributed by atoms with Crippen molar-refractivity contribution in [3.8, 4) is 0 Å². The third kappa shape index (κ3) is 5.16. The summed E-state index contributed by atoms with van der Waals surface area (Å²) >= 11 is 0. The summed E-state index contributed by atoms with van der Waals surface area (Å²) in [7, 11) is 0. The molecule has 0 aliphatic rings. The Balaban J connectivity index is 4.64. The lowest BCUT2D eigenvalue weighted by Crippen LogP contribution is -2.28. The maximum Gasteiger partial charge on any atom is 0.224 e. The lowest BCUT2D eigenvalue weighted by Gasteiger charge is -2.10. The quantitative estimate of drug-likeness (QED) is 0.361. The second kappa shape index (κ2) is 7.47. The summed E-state index contributed by atoms with van der Waals surface area (Å²) in [4.78, 5) is 15.3. The number of rotatable bonds is 6. The number of hydrogen-bond donors (Lipinski definition) is 4. The Morgan fingerprint density at radius 3 is 2.56 bits per heavy atom. The zero-order valence-electron chi connectivity index (χ0n) is 9.49. The fourth-order valence-corrected chi connectivity index (χ4v) is 0.977. The topological polar surface area (TPSA) is 120 Å². The maximum absolute atomic E-state index is 11.4. The first-order valence-electron chi connectivity index (χ1n) is 4.96. The third-order valence-electron chi connectivity index (χ3n) is 1.72. The van der Waals surface area contributed by atoms with Gasteiger partial charge in [0.1, 0.15) is 11.5 Å². The molecule has 0 saturated heterocycles. The molecule has 0 spiro atoms. The molecule has 0 bridgehead atoms. The molecule has 0 aromatic rings. The van der Waals surface area contributed by atoms with Crippen molar-refractivity contribution < 1.29 is 4.79 Å². The van der Waals surface area contributed by atoms with Gasteiger partial charge in [0.05, 0.1) is 5.70 Å². The molecule has 0 fully saturated rings. The van der Waals surface area contributed by atoms with Gasteiger partial charge in [0, 0.05) is 12.6 Å². The molecule has 0 unspecified atom stereocenters. The summed E-state index contributed by atoms with van der Waals surface area (Å²) in [6.45, 7) is 5.68. The van der Waals surface area contributed by atoms with Gasteiger partial charge < -0.3 is 22.5 Å². The molecule has 6 nitrogen and oxygen atoms in total. The van der Waals surface area contributed by atoms with E-state index in [9.17, 15) is 4.79 Å². The Morgan fingerprint density at radius 2 is 2.12 bits per heavy atom. The third-order valence-corrected chi connectivity index (χ3v) is 1.72. The van der Waals surface area contributed by atoms with Crippen LogP contribution in [0, 0.1) is 0 Å². The van der Waals surface area contributed by atoms with E-state index in [-0.39, 0.29) is 23.1 Å². The second-order valence-corrected chi connectivity index (χ2v) is 3.11. The molecular formula is C10H19N5O. The van der Waals surface area contributed by atoms with Crippen molar-refractivity contribution in [2.75, 3.05) is 6.54 Å². The lowest BCUT2D eigenvalue weighted by atomic mass is 10.2. The van der Waals surface area contributed by atoms with E-state index < -0.39 is 0 Å². The minimum atomic E-state index is -0.207. The molecule has 0 rings (SSSR count). The summed E-state index contributed by atoms with van der Waals surface area (Å²) in [5, 5.41) is 2.56. The second-order valence-electron chi connectivity index (χ2n) is 3.11. The van der Waals surface area contributed by atoms with Gasteiger partial charge in [-0.15, -0.1) is 0 Å². The van der Waals surface area contributed by atoms with Crippen molar-refractivity contribution in [3.63, 3.8) is 0 Å². The Labute approximate surface area is 95.3 Å². The van der Waals surface area contributed by atoms with Gasteiger partial charge in [-0.2, -0.15) is 0 Å². The Bertz CT molecular complexity index is 319. The molecule has 1 amide bonds. The Morgan fingerprint density at radius 1 is 1.50 bits per heavy atom. The summed E-state index contributed by atoms with van der Waals surface area (Å²) in [6.07, 6.45) is 2.42. The van der Waals surface area contributed by atoms with Crippen molar-refractivity contribution >= 4 is 12.1 Å². The van der Waals surface area contributed by atoms with Gasteiger partial charge >= 0.3 is 0 Å². The van der Waals surface area contributed by atoms with Crippen LogP contribution in [0.4, 0.5) is 0 Å². The SMILES string of the molecule is C=C(N)/C(NC(=O)CCCN)=C(N)\N=C/C. The van der Waals surface area contributed by atoms with Crippen molar-refractivity contribution in [2.45, 2.75) is 19.8 Å². The van der Waals surface area contributed by atoms with E-state index in [0.29, 0.717) is 19.4 Å². The van der Waals surface area contributed by atoms with Crippen LogP contribution in [-0.2, 0) is 4.79 Å². The number of aliphatic imine (C=N–C) groups is 1. The van der Waals surface area contributed by atoms with E-state index in [2.05, 4.69) is 16.9 Å². The molecule has 0 aromatic carbocycles. The molecule has 0 saturated carbocycles. The van der Waals surface area contributed by atoms with Gasteiger partial charge in [-0.25, -0.2) is 4.99 Å². The number of nitrogens with one attached hydrogen (secondary N) is 1. The highest BCUT2D eigenvalue weighted by molar-refractivity contribution is 5.78. The number of amides is 1. The van der Waals surface area contributed by atoms with E-state index in [1.807, 2.05) is 0 Å². The van der Waals surface area contributed by atoms with Gasteiger partial charge in [-0.3, -0.25) is 4.79 Å². The van der Waals surface area contributed by atoms with Crippen LogP contribution in [-0.4, -0.2) is 18.7 Å². The van der Waals surface area contributed by atoms with E-state index >= 15 is 0 Å². The molecule has 90 valence electrons. The molecule has 0 radical (unpaired) electrons. The first-order chi connectivity index (χ1) is 7.52.